The topological polar surface area (TPSA) is 54.9 Å². The standard InChI is InChI=1S/C20H21N3OS2/c1-11-6-4-7-12(2)17(11)23-18(24)13(3)25-19-16-14-8-5-9-15(14)26-20(16)22-10-21-19/h4,6-7,10,13H,5,8-9H2,1-3H3,(H,23,24)/t13-/m1/s1. The molecule has 1 aromatic carbocycles. The molecule has 3 aromatic rings. The number of hydrogen-bond donors (Lipinski definition) is 1. The first-order valence-electron chi connectivity index (χ1n) is 8.83. The van der Waals surface area contributed by atoms with Gasteiger partial charge in [-0.3, -0.25) is 4.79 Å². The highest BCUT2D eigenvalue weighted by Crippen LogP contribution is 2.41. The number of aryl methyl sites for hydroxylation is 4. The lowest BCUT2D eigenvalue weighted by Gasteiger charge is -2.15. The third kappa shape index (κ3) is 3.12. The highest BCUT2D eigenvalue weighted by Gasteiger charge is 2.24. The number of amides is 1. The molecule has 2 heterocycles. The quantitative estimate of drug-likeness (QED) is 0.513. The zero-order valence-corrected chi connectivity index (χ0v) is 16.8. The summed E-state index contributed by atoms with van der Waals surface area (Å²) in [6, 6.07) is 6.04. The van der Waals surface area contributed by atoms with E-state index in [0.29, 0.717) is 0 Å². The SMILES string of the molecule is Cc1cccc(C)c1NC(=O)[C@@H](C)Sc1ncnc2sc3c(c12)CCC3. The molecule has 0 radical (unpaired) electrons. The van der Waals surface area contributed by atoms with Gasteiger partial charge in [0.1, 0.15) is 16.2 Å². The number of anilines is 1. The van der Waals surface area contributed by atoms with Crippen molar-refractivity contribution in [3.05, 3.63) is 46.1 Å². The number of fused-ring (bicyclic) bond motifs is 3. The van der Waals surface area contributed by atoms with Crippen molar-refractivity contribution in [2.24, 2.45) is 0 Å². The van der Waals surface area contributed by atoms with Crippen molar-refractivity contribution >= 4 is 44.9 Å². The molecule has 0 saturated heterocycles. The van der Waals surface area contributed by atoms with Crippen molar-refractivity contribution in [2.75, 3.05) is 5.32 Å². The number of carbonyl (C=O) groups excluding carboxylic acids is 1. The molecule has 6 heteroatoms. The van der Waals surface area contributed by atoms with Gasteiger partial charge in [0.15, 0.2) is 0 Å². The smallest absolute Gasteiger partial charge is 0.237 e. The van der Waals surface area contributed by atoms with E-state index in [1.165, 1.54) is 34.0 Å². The van der Waals surface area contributed by atoms with Crippen LogP contribution in [-0.2, 0) is 17.6 Å². The van der Waals surface area contributed by atoms with Crippen LogP contribution in [0.15, 0.2) is 29.6 Å². The lowest BCUT2D eigenvalue weighted by Crippen LogP contribution is -2.23. The van der Waals surface area contributed by atoms with E-state index in [1.807, 2.05) is 39.0 Å². The number of benzene rings is 1. The number of nitrogens with one attached hydrogen (secondary N) is 1. The molecule has 0 saturated carbocycles. The first-order valence-corrected chi connectivity index (χ1v) is 10.5. The van der Waals surface area contributed by atoms with Crippen molar-refractivity contribution in [1.29, 1.82) is 0 Å². The zero-order valence-electron chi connectivity index (χ0n) is 15.1. The van der Waals surface area contributed by atoms with Crippen LogP contribution in [0.4, 0.5) is 5.69 Å². The van der Waals surface area contributed by atoms with E-state index in [9.17, 15) is 4.79 Å². The van der Waals surface area contributed by atoms with Crippen LogP contribution in [0, 0.1) is 13.8 Å². The van der Waals surface area contributed by atoms with Gasteiger partial charge in [0.2, 0.25) is 5.91 Å². The van der Waals surface area contributed by atoms with E-state index < -0.39 is 0 Å². The summed E-state index contributed by atoms with van der Waals surface area (Å²) in [6.07, 6.45) is 5.06. The highest BCUT2D eigenvalue weighted by molar-refractivity contribution is 8.00. The second-order valence-electron chi connectivity index (χ2n) is 6.73. The highest BCUT2D eigenvalue weighted by atomic mass is 32.2. The third-order valence-corrected chi connectivity index (χ3v) is 7.15. The Morgan fingerprint density at radius 1 is 1.23 bits per heavy atom. The molecule has 0 unspecified atom stereocenters. The van der Waals surface area contributed by atoms with Crippen LogP contribution in [-0.4, -0.2) is 21.1 Å². The molecule has 2 aromatic heterocycles. The van der Waals surface area contributed by atoms with E-state index in [4.69, 9.17) is 0 Å². The summed E-state index contributed by atoms with van der Waals surface area (Å²) in [6.45, 7) is 5.97. The van der Waals surface area contributed by atoms with Gasteiger partial charge in [-0.15, -0.1) is 11.3 Å². The number of nitrogens with zero attached hydrogens (tertiary/aromatic N) is 2. The minimum Gasteiger partial charge on any atom is -0.325 e. The Labute approximate surface area is 161 Å². The van der Waals surface area contributed by atoms with Crippen LogP contribution < -0.4 is 5.32 Å². The van der Waals surface area contributed by atoms with E-state index >= 15 is 0 Å². The average Bonchev–Trinajstić information content (AvgIpc) is 3.19. The number of carbonyl (C=O) groups is 1. The second-order valence-corrected chi connectivity index (χ2v) is 9.15. The molecule has 0 spiro atoms. The molecule has 4 nitrogen and oxygen atoms in total. The maximum absolute atomic E-state index is 12.8. The molecule has 0 aliphatic heterocycles. The molecular weight excluding hydrogens is 362 g/mol. The molecular formula is C20H21N3OS2. The molecule has 4 rings (SSSR count). The molecule has 1 aliphatic rings. The van der Waals surface area contributed by atoms with Crippen LogP contribution in [0.2, 0.25) is 0 Å². The lowest BCUT2D eigenvalue weighted by molar-refractivity contribution is -0.115. The second kappa shape index (κ2) is 7.00. The Hall–Kier alpha value is -1.92. The van der Waals surface area contributed by atoms with Gasteiger partial charge < -0.3 is 5.32 Å². The largest absolute Gasteiger partial charge is 0.325 e. The van der Waals surface area contributed by atoms with Gasteiger partial charge in [0.05, 0.1) is 5.25 Å². The van der Waals surface area contributed by atoms with Crippen LogP contribution in [0.1, 0.15) is 34.9 Å². The Bertz CT molecular complexity index is 976. The molecule has 26 heavy (non-hydrogen) atoms. The molecule has 1 atom stereocenters. The van der Waals surface area contributed by atoms with Gasteiger partial charge >= 0.3 is 0 Å². The van der Waals surface area contributed by atoms with Crippen molar-refractivity contribution in [2.45, 2.75) is 50.3 Å². The zero-order chi connectivity index (χ0) is 18.3. The summed E-state index contributed by atoms with van der Waals surface area (Å²) < 4.78 is 0. The summed E-state index contributed by atoms with van der Waals surface area (Å²) >= 11 is 3.30. The fraction of sp³-hybridized carbons (Fsp3) is 0.350. The summed E-state index contributed by atoms with van der Waals surface area (Å²) in [7, 11) is 0. The van der Waals surface area contributed by atoms with Crippen molar-refractivity contribution < 1.29 is 4.79 Å². The average molecular weight is 384 g/mol. The van der Waals surface area contributed by atoms with Crippen LogP contribution in [0.3, 0.4) is 0 Å². The molecule has 1 amide bonds. The van der Waals surface area contributed by atoms with E-state index in [1.54, 1.807) is 17.7 Å². The van der Waals surface area contributed by atoms with Crippen LogP contribution in [0.25, 0.3) is 10.2 Å². The van der Waals surface area contributed by atoms with E-state index in [2.05, 4.69) is 15.3 Å². The number of thioether (sulfide) groups is 1. The van der Waals surface area contributed by atoms with E-state index in [-0.39, 0.29) is 11.2 Å². The predicted octanol–water partition coefficient (Wildman–Crippen LogP) is 4.92. The summed E-state index contributed by atoms with van der Waals surface area (Å²) in [5.41, 5.74) is 4.47. The maximum Gasteiger partial charge on any atom is 0.237 e. The van der Waals surface area contributed by atoms with Gasteiger partial charge in [-0.05, 0) is 56.7 Å². The van der Waals surface area contributed by atoms with Gasteiger partial charge in [0.25, 0.3) is 0 Å². The summed E-state index contributed by atoms with van der Waals surface area (Å²) in [5, 5.41) is 4.96. The minimum absolute atomic E-state index is 0.00559. The number of hydrogen-bond acceptors (Lipinski definition) is 5. The Kier molecular flexibility index (Phi) is 4.71. The summed E-state index contributed by atoms with van der Waals surface area (Å²) in [5.74, 6) is 0.00559. The van der Waals surface area contributed by atoms with Gasteiger partial charge in [0, 0.05) is 16.0 Å². The van der Waals surface area contributed by atoms with Crippen molar-refractivity contribution in [3.63, 3.8) is 0 Å². The van der Waals surface area contributed by atoms with E-state index in [0.717, 1.165) is 39.5 Å². The normalized spacial score (nSPS) is 14.4. The summed E-state index contributed by atoms with van der Waals surface area (Å²) in [4.78, 5) is 24.2. The predicted molar refractivity (Wildman–Crippen MR) is 109 cm³/mol. The molecule has 0 bridgehead atoms. The van der Waals surface area contributed by atoms with Crippen LogP contribution in [0.5, 0.6) is 0 Å². The third-order valence-electron chi connectivity index (χ3n) is 4.85. The first kappa shape index (κ1) is 17.5. The number of aromatic nitrogens is 2. The Morgan fingerprint density at radius 2 is 2.00 bits per heavy atom. The molecule has 134 valence electrons. The lowest BCUT2D eigenvalue weighted by atomic mass is 10.1. The number of para-hydroxylation sites is 1. The minimum atomic E-state index is -0.232. The maximum atomic E-state index is 12.8. The molecule has 0 fully saturated rings. The van der Waals surface area contributed by atoms with Crippen molar-refractivity contribution in [1.82, 2.24) is 9.97 Å². The molecule has 1 N–H and O–H groups in total. The molecule has 1 aliphatic carbocycles. The van der Waals surface area contributed by atoms with Gasteiger partial charge in [-0.25, -0.2) is 9.97 Å². The van der Waals surface area contributed by atoms with Gasteiger partial charge in [-0.1, -0.05) is 30.0 Å². The Morgan fingerprint density at radius 3 is 2.77 bits per heavy atom. The number of thiophene rings is 1. The fourth-order valence-electron chi connectivity index (χ4n) is 3.45. The monoisotopic (exact) mass is 383 g/mol. The van der Waals surface area contributed by atoms with Crippen LogP contribution >= 0.6 is 23.1 Å². The fourth-order valence-corrected chi connectivity index (χ4v) is 5.69. The Balaban J connectivity index is 1.58. The first-order chi connectivity index (χ1) is 12.5. The van der Waals surface area contributed by atoms with Gasteiger partial charge in [-0.2, -0.15) is 0 Å². The number of rotatable bonds is 4. The van der Waals surface area contributed by atoms with Crippen molar-refractivity contribution in [3.8, 4) is 0 Å².